The largest absolute Gasteiger partial charge is 0.321 e. The number of carbonyl (C=O) groups is 2. The van der Waals surface area contributed by atoms with Crippen LogP contribution in [0.1, 0.15) is 22.3 Å². The van der Waals surface area contributed by atoms with Crippen LogP contribution in [0.2, 0.25) is 10.0 Å². The molecule has 1 unspecified atom stereocenters. The number of nitrogens with zero attached hydrogens (tertiary/aromatic N) is 2. The van der Waals surface area contributed by atoms with Gasteiger partial charge in [0.1, 0.15) is 11.9 Å². The number of benzodiazepines with no additional fused rings is 1. The average molecular weight is 482 g/mol. The third-order valence-corrected chi connectivity index (χ3v) is 6.54. The molecule has 33 heavy (non-hydrogen) atoms. The molecule has 2 heterocycles. The Balaban J connectivity index is 1.68. The quantitative estimate of drug-likeness (QED) is 0.568. The minimum absolute atomic E-state index is 0.00659. The molecule has 0 aromatic heterocycles. The fourth-order valence-electron chi connectivity index (χ4n) is 4.21. The standard InChI is InChI=1S/C25H18Cl2FN3O2/c1-31-21-9-15(7-6-14(21)10-22(31)32)23-17-11-16(26)12-19(28)24(17)30-25(33)20(29-23)8-13-4-2-3-5-18(13)27/h2-7,9,11-12,20H,8,10H2,1H3,(H,30,33). The zero-order chi connectivity index (χ0) is 23.3. The van der Waals surface area contributed by atoms with Crippen molar-refractivity contribution >= 4 is 52.1 Å². The minimum Gasteiger partial charge on any atom is -0.321 e. The molecule has 1 N–H and O–H groups in total. The van der Waals surface area contributed by atoms with Crippen LogP contribution in [0, 0.1) is 5.82 Å². The Morgan fingerprint density at radius 2 is 1.91 bits per heavy atom. The Hall–Kier alpha value is -3.22. The Bertz CT molecular complexity index is 1360. The molecular formula is C25H18Cl2FN3O2. The van der Waals surface area contributed by atoms with Gasteiger partial charge in [-0.15, -0.1) is 0 Å². The average Bonchev–Trinajstić information content (AvgIpc) is 2.98. The number of fused-ring (bicyclic) bond motifs is 2. The van der Waals surface area contributed by atoms with Crippen LogP contribution < -0.4 is 10.2 Å². The van der Waals surface area contributed by atoms with Crippen LogP contribution in [0.25, 0.3) is 0 Å². The van der Waals surface area contributed by atoms with E-state index < -0.39 is 17.8 Å². The van der Waals surface area contributed by atoms with Gasteiger partial charge in [0.2, 0.25) is 11.8 Å². The fraction of sp³-hybridized carbons (Fsp3) is 0.160. The third kappa shape index (κ3) is 3.90. The van der Waals surface area contributed by atoms with Crippen LogP contribution in [0.15, 0.2) is 59.6 Å². The molecule has 2 aliphatic heterocycles. The summed E-state index contributed by atoms with van der Waals surface area (Å²) in [5.74, 6) is -1.10. The predicted octanol–water partition coefficient (Wildman–Crippen LogP) is 5.05. The van der Waals surface area contributed by atoms with E-state index in [0.717, 1.165) is 22.9 Å². The molecule has 166 valence electrons. The number of nitrogens with one attached hydrogen (secondary N) is 1. The molecule has 3 aromatic carbocycles. The van der Waals surface area contributed by atoms with Crippen LogP contribution in [-0.2, 0) is 22.4 Å². The number of amides is 2. The maximum atomic E-state index is 14.9. The maximum Gasteiger partial charge on any atom is 0.249 e. The van der Waals surface area contributed by atoms with E-state index in [1.54, 1.807) is 24.1 Å². The van der Waals surface area contributed by atoms with Gasteiger partial charge in [0.05, 0.1) is 17.8 Å². The number of halogens is 3. The van der Waals surface area contributed by atoms with Crippen molar-refractivity contribution in [3.63, 3.8) is 0 Å². The first-order valence-electron chi connectivity index (χ1n) is 10.3. The number of anilines is 2. The van der Waals surface area contributed by atoms with Crippen LogP contribution in [0.5, 0.6) is 0 Å². The molecule has 3 aromatic rings. The number of carbonyl (C=O) groups excluding carboxylic acids is 2. The normalized spacial score (nSPS) is 17.3. The molecule has 0 spiro atoms. The third-order valence-electron chi connectivity index (χ3n) is 5.95. The summed E-state index contributed by atoms with van der Waals surface area (Å²) in [7, 11) is 1.71. The van der Waals surface area contributed by atoms with Gasteiger partial charge in [0.15, 0.2) is 0 Å². The van der Waals surface area contributed by atoms with Gasteiger partial charge in [-0.1, -0.05) is 53.5 Å². The predicted molar refractivity (Wildman–Crippen MR) is 128 cm³/mol. The monoisotopic (exact) mass is 481 g/mol. The van der Waals surface area contributed by atoms with E-state index in [1.165, 1.54) is 0 Å². The molecule has 8 heteroatoms. The lowest BCUT2D eigenvalue weighted by Crippen LogP contribution is -2.28. The summed E-state index contributed by atoms with van der Waals surface area (Å²) in [6.07, 6.45) is 0.562. The van der Waals surface area contributed by atoms with Gasteiger partial charge >= 0.3 is 0 Å². The molecule has 1 atom stereocenters. The summed E-state index contributed by atoms with van der Waals surface area (Å²) >= 11 is 12.5. The summed E-state index contributed by atoms with van der Waals surface area (Å²) in [5, 5.41) is 3.39. The molecule has 5 nitrogen and oxygen atoms in total. The second kappa shape index (κ2) is 8.28. The minimum atomic E-state index is -0.849. The SMILES string of the molecule is CN1C(=O)Cc2ccc(C3=NC(Cc4ccccc4Cl)C(=O)Nc4c(F)cc(Cl)cc43)cc21. The molecule has 2 aliphatic rings. The molecule has 0 saturated heterocycles. The van der Waals surface area contributed by atoms with Crippen molar-refractivity contribution in [1.82, 2.24) is 0 Å². The van der Waals surface area contributed by atoms with Crippen molar-refractivity contribution in [2.45, 2.75) is 18.9 Å². The van der Waals surface area contributed by atoms with E-state index in [2.05, 4.69) is 5.32 Å². The van der Waals surface area contributed by atoms with Crippen LogP contribution in [-0.4, -0.2) is 30.6 Å². The van der Waals surface area contributed by atoms with E-state index in [1.807, 2.05) is 36.4 Å². The summed E-state index contributed by atoms with van der Waals surface area (Å²) in [4.78, 5) is 31.6. The molecule has 0 saturated carbocycles. The van der Waals surface area contributed by atoms with Gasteiger partial charge < -0.3 is 10.2 Å². The molecule has 5 rings (SSSR count). The van der Waals surface area contributed by atoms with E-state index in [0.29, 0.717) is 28.3 Å². The van der Waals surface area contributed by atoms with E-state index in [9.17, 15) is 14.0 Å². The van der Waals surface area contributed by atoms with Crippen molar-refractivity contribution in [2.24, 2.45) is 4.99 Å². The lowest BCUT2D eigenvalue weighted by molar-refractivity contribution is -0.118. The molecule has 2 amide bonds. The highest BCUT2D eigenvalue weighted by Crippen LogP contribution is 2.34. The Kier molecular flexibility index (Phi) is 5.43. The fourth-order valence-corrected chi connectivity index (χ4v) is 4.63. The smallest absolute Gasteiger partial charge is 0.249 e. The first kappa shape index (κ1) is 21.6. The van der Waals surface area contributed by atoms with Crippen LogP contribution >= 0.6 is 23.2 Å². The second-order valence-electron chi connectivity index (χ2n) is 8.06. The zero-order valence-corrected chi connectivity index (χ0v) is 19.0. The van der Waals surface area contributed by atoms with Crippen molar-refractivity contribution in [2.75, 3.05) is 17.3 Å². The van der Waals surface area contributed by atoms with Crippen LogP contribution in [0.3, 0.4) is 0 Å². The summed E-state index contributed by atoms with van der Waals surface area (Å²) in [6.45, 7) is 0. The van der Waals surface area contributed by atoms with Gasteiger partial charge in [0, 0.05) is 40.3 Å². The summed E-state index contributed by atoms with van der Waals surface area (Å²) in [5.41, 5.74) is 3.88. The second-order valence-corrected chi connectivity index (χ2v) is 8.91. The highest BCUT2D eigenvalue weighted by Gasteiger charge is 2.30. The molecule has 0 fully saturated rings. The number of benzene rings is 3. The van der Waals surface area contributed by atoms with Gasteiger partial charge in [0.25, 0.3) is 0 Å². The number of hydrogen-bond acceptors (Lipinski definition) is 3. The molecule has 0 radical (unpaired) electrons. The lowest BCUT2D eigenvalue weighted by atomic mass is 9.98. The summed E-state index contributed by atoms with van der Waals surface area (Å²) in [6, 6.07) is 14.6. The van der Waals surface area contributed by atoms with Gasteiger partial charge in [-0.2, -0.15) is 0 Å². The Morgan fingerprint density at radius 1 is 1.12 bits per heavy atom. The number of hydrogen-bond donors (Lipinski definition) is 1. The van der Waals surface area contributed by atoms with Gasteiger partial charge in [-0.25, -0.2) is 4.39 Å². The highest BCUT2D eigenvalue weighted by molar-refractivity contribution is 6.32. The van der Waals surface area contributed by atoms with Crippen LogP contribution in [0.4, 0.5) is 15.8 Å². The van der Waals surface area contributed by atoms with Gasteiger partial charge in [-0.3, -0.25) is 14.6 Å². The first-order chi connectivity index (χ1) is 15.8. The van der Waals surface area contributed by atoms with Gasteiger partial charge in [-0.05, 0) is 35.4 Å². The Labute approximate surface area is 199 Å². The van der Waals surface area contributed by atoms with Crippen molar-refractivity contribution in [1.29, 1.82) is 0 Å². The topological polar surface area (TPSA) is 61.8 Å². The van der Waals surface area contributed by atoms with Crippen molar-refractivity contribution in [3.05, 3.63) is 92.7 Å². The maximum absolute atomic E-state index is 14.9. The molecular weight excluding hydrogens is 464 g/mol. The van der Waals surface area contributed by atoms with Crippen molar-refractivity contribution < 1.29 is 14.0 Å². The van der Waals surface area contributed by atoms with E-state index in [4.69, 9.17) is 28.2 Å². The van der Waals surface area contributed by atoms with E-state index >= 15 is 0 Å². The summed E-state index contributed by atoms with van der Waals surface area (Å²) < 4.78 is 14.9. The number of likely N-dealkylation sites (N-methyl/N-ethyl adjacent to an activating group) is 1. The number of rotatable bonds is 3. The first-order valence-corrected chi connectivity index (χ1v) is 11.1. The molecule has 0 aliphatic carbocycles. The molecule has 0 bridgehead atoms. The Morgan fingerprint density at radius 3 is 2.70 bits per heavy atom. The zero-order valence-electron chi connectivity index (χ0n) is 17.5. The number of aliphatic imine (C=N–C) groups is 1. The lowest BCUT2D eigenvalue weighted by Gasteiger charge is -2.15. The highest BCUT2D eigenvalue weighted by atomic mass is 35.5. The van der Waals surface area contributed by atoms with E-state index in [-0.39, 0.29) is 23.0 Å². The van der Waals surface area contributed by atoms with Crippen molar-refractivity contribution in [3.8, 4) is 0 Å².